The molecule has 6 nitrogen and oxygen atoms in total. The molecule has 6 heteroatoms. The lowest BCUT2D eigenvalue weighted by atomic mass is 10.1. The SMILES string of the molecule is Cc1cc(N2CCN(C)CC2)nc(Nc2ccc(N3CCCCC3)cc2)n1. The van der Waals surface area contributed by atoms with Crippen molar-refractivity contribution in [3.05, 3.63) is 36.0 Å². The van der Waals surface area contributed by atoms with E-state index in [2.05, 4.69) is 62.4 Å². The minimum Gasteiger partial charge on any atom is -0.372 e. The summed E-state index contributed by atoms with van der Waals surface area (Å²) in [5.41, 5.74) is 3.33. The Hall–Kier alpha value is -2.34. The van der Waals surface area contributed by atoms with Gasteiger partial charge in [-0.15, -0.1) is 0 Å². The Kier molecular flexibility index (Phi) is 5.43. The number of piperidine rings is 1. The van der Waals surface area contributed by atoms with Crippen molar-refractivity contribution in [2.45, 2.75) is 26.2 Å². The maximum atomic E-state index is 4.76. The molecule has 0 spiro atoms. The van der Waals surface area contributed by atoms with Crippen molar-refractivity contribution in [1.29, 1.82) is 0 Å². The van der Waals surface area contributed by atoms with E-state index in [4.69, 9.17) is 4.98 Å². The molecule has 1 aromatic carbocycles. The summed E-state index contributed by atoms with van der Waals surface area (Å²) < 4.78 is 0. The van der Waals surface area contributed by atoms with E-state index < -0.39 is 0 Å². The zero-order valence-electron chi connectivity index (χ0n) is 16.5. The van der Waals surface area contributed by atoms with Crippen molar-refractivity contribution in [3.63, 3.8) is 0 Å². The second-order valence-electron chi connectivity index (χ2n) is 7.70. The van der Waals surface area contributed by atoms with Crippen LogP contribution in [-0.4, -0.2) is 61.2 Å². The van der Waals surface area contributed by atoms with Gasteiger partial charge < -0.3 is 20.0 Å². The van der Waals surface area contributed by atoms with Crippen LogP contribution in [-0.2, 0) is 0 Å². The van der Waals surface area contributed by atoms with Gasteiger partial charge in [0.05, 0.1) is 0 Å². The predicted molar refractivity (Wildman–Crippen MR) is 112 cm³/mol. The van der Waals surface area contributed by atoms with Gasteiger partial charge >= 0.3 is 0 Å². The first-order valence-electron chi connectivity index (χ1n) is 10.1. The molecular weight excluding hydrogens is 336 g/mol. The molecular formula is C21H30N6. The number of anilines is 4. The lowest BCUT2D eigenvalue weighted by Gasteiger charge is -2.33. The third-order valence-electron chi connectivity index (χ3n) is 5.51. The third kappa shape index (κ3) is 4.50. The summed E-state index contributed by atoms with van der Waals surface area (Å²) in [5, 5.41) is 3.39. The van der Waals surface area contributed by atoms with Gasteiger partial charge in [0.1, 0.15) is 5.82 Å². The van der Waals surface area contributed by atoms with Crippen LogP contribution in [0.4, 0.5) is 23.1 Å². The Morgan fingerprint density at radius 1 is 0.815 bits per heavy atom. The van der Waals surface area contributed by atoms with Crippen LogP contribution in [0.2, 0.25) is 0 Å². The van der Waals surface area contributed by atoms with E-state index in [9.17, 15) is 0 Å². The molecule has 144 valence electrons. The Balaban J connectivity index is 1.45. The minimum atomic E-state index is 0.676. The minimum absolute atomic E-state index is 0.676. The molecule has 0 saturated carbocycles. The summed E-state index contributed by atoms with van der Waals surface area (Å²) >= 11 is 0. The second kappa shape index (κ2) is 8.13. The second-order valence-corrected chi connectivity index (χ2v) is 7.70. The van der Waals surface area contributed by atoms with Gasteiger partial charge in [0.2, 0.25) is 5.95 Å². The summed E-state index contributed by atoms with van der Waals surface area (Å²) in [6.07, 6.45) is 3.95. The van der Waals surface area contributed by atoms with E-state index in [1.807, 2.05) is 6.92 Å². The molecule has 0 amide bonds. The third-order valence-corrected chi connectivity index (χ3v) is 5.51. The van der Waals surface area contributed by atoms with Crippen LogP contribution in [0.25, 0.3) is 0 Å². The Morgan fingerprint density at radius 2 is 1.52 bits per heavy atom. The molecule has 0 atom stereocenters. The van der Waals surface area contributed by atoms with E-state index >= 15 is 0 Å². The maximum Gasteiger partial charge on any atom is 0.229 e. The summed E-state index contributed by atoms with van der Waals surface area (Å²) in [5.74, 6) is 1.69. The fraction of sp³-hybridized carbons (Fsp3) is 0.524. The normalized spacial score (nSPS) is 18.6. The lowest BCUT2D eigenvalue weighted by molar-refractivity contribution is 0.312. The monoisotopic (exact) mass is 366 g/mol. The standard InChI is InChI=1S/C21H30N6/c1-17-16-20(27-14-12-25(2)13-15-27)24-21(22-17)23-18-6-8-19(9-7-18)26-10-4-3-5-11-26/h6-9,16H,3-5,10-15H2,1-2H3,(H,22,23,24). The smallest absolute Gasteiger partial charge is 0.229 e. The topological polar surface area (TPSA) is 47.5 Å². The van der Waals surface area contributed by atoms with Crippen molar-refractivity contribution in [2.75, 3.05) is 61.4 Å². The molecule has 0 aliphatic carbocycles. The lowest BCUT2D eigenvalue weighted by Crippen LogP contribution is -2.44. The maximum absolute atomic E-state index is 4.76. The number of nitrogens with zero attached hydrogens (tertiary/aromatic N) is 5. The van der Waals surface area contributed by atoms with Gasteiger partial charge in [-0.05, 0) is 57.5 Å². The van der Waals surface area contributed by atoms with Gasteiger partial charge in [-0.3, -0.25) is 0 Å². The summed E-state index contributed by atoms with van der Waals surface area (Å²) in [4.78, 5) is 16.5. The largest absolute Gasteiger partial charge is 0.372 e. The highest BCUT2D eigenvalue weighted by Gasteiger charge is 2.17. The number of likely N-dealkylation sites (N-methyl/N-ethyl adjacent to an activating group) is 1. The molecule has 2 aliphatic rings. The number of nitrogens with one attached hydrogen (secondary N) is 1. The van der Waals surface area contributed by atoms with Crippen LogP contribution in [0.15, 0.2) is 30.3 Å². The van der Waals surface area contributed by atoms with Crippen molar-refractivity contribution in [3.8, 4) is 0 Å². The Bertz CT molecular complexity index is 746. The first kappa shape index (κ1) is 18.0. The molecule has 2 aromatic rings. The highest BCUT2D eigenvalue weighted by Crippen LogP contribution is 2.24. The first-order chi connectivity index (χ1) is 13.2. The molecule has 0 radical (unpaired) electrons. The molecule has 4 rings (SSSR count). The highest BCUT2D eigenvalue weighted by atomic mass is 15.3. The molecule has 3 heterocycles. The quantitative estimate of drug-likeness (QED) is 0.896. The first-order valence-corrected chi connectivity index (χ1v) is 10.1. The molecule has 27 heavy (non-hydrogen) atoms. The summed E-state index contributed by atoms with van der Waals surface area (Å²) in [7, 11) is 2.17. The van der Waals surface area contributed by atoms with Gasteiger partial charge in [-0.25, -0.2) is 4.98 Å². The van der Waals surface area contributed by atoms with Crippen LogP contribution < -0.4 is 15.1 Å². The van der Waals surface area contributed by atoms with Crippen LogP contribution in [0, 0.1) is 6.92 Å². The van der Waals surface area contributed by atoms with Crippen LogP contribution in [0.1, 0.15) is 25.0 Å². The van der Waals surface area contributed by atoms with E-state index in [1.54, 1.807) is 0 Å². The molecule has 2 fully saturated rings. The van der Waals surface area contributed by atoms with Crippen molar-refractivity contribution >= 4 is 23.1 Å². The summed E-state index contributed by atoms with van der Waals surface area (Å²) in [6, 6.07) is 10.7. The number of piperazine rings is 1. The van der Waals surface area contributed by atoms with E-state index in [1.165, 1.54) is 38.0 Å². The average molecular weight is 367 g/mol. The van der Waals surface area contributed by atoms with Crippen LogP contribution in [0.5, 0.6) is 0 Å². The van der Waals surface area contributed by atoms with Crippen molar-refractivity contribution in [2.24, 2.45) is 0 Å². The van der Waals surface area contributed by atoms with Gasteiger partial charge in [0.25, 0.3) is 0 Å². The van der Waals surface area contributed by atoms with E-state index in [0.717, 1.165) is 43.4 Å². The zero-order valence-corrected chi connectivity index (χ0v) is 16.5. The van der Waals surface area contributed by atoms with Gasteiger partial charge in [-0.1, -0.05) is 0 Å². The molecule has 2 aliphatic heterocycles. The van der Waals surface area contributed by atoms with Crippen LogP contribution >= 0.6 is 0 Å². The van der Waals surface area contributed by atoms with Gasteiger partial charge in [0.15, 0.2) is 0 Å². The number of aromatic nitrogens is 2. The molecule has 1 aromatic heterocycles. The number of hydrogen-bond acceptors (Lipinski definition) is 6. The fourth-order valence-electron chi connectivity index (χ4n) is 3.84. The average Bonchev–Trinajstić information content (AvgIpc) is 2.69. The Morgan fingerprint density at radius 3 is 2.22 bits per heavy atom. The van der Waals surface area contributed by atoms with E-state index in [0.29, 0.717) is 5.95 Å². The zero-order chi connectivity index (χ0) is 18.6. The van der Waals surface area contributed by atoms with E-state index in [-0.39, 0.29) is 0 Å². The number of rotatable bonds is 4. The molecule has 0 bridgehead atoms. The molecule has 2 saturated heterocycles. The predicted octanol–water partition coefficient (Wildman–Crippen LogP) is 3.27. The van der Waals surface area contributed by atoms with Gasteiger partial charge in [0, 0.05) is 62.4 Å². The van der Waals surface area contributed by atoms with Crippen molar-refractivity contribution < 1.29 is 0 Å². The Labute approximate surface area is 162 Å². The number of aryl methyl sites for hydroxylation is 1. The molecule has 0 unspecified atom stereocenters. The van der Waals surface area contributed by atoms with Gasteiger partial charge in [-0.2, -0.15) is 4.98 Å². The fourth-order valence-corrected chi connectivity index (χ4v) is 3.84. The van der Waals surface area contributed by atoms with Crippen molar-refractivity contribution in [1.82, 2.24) is 14.9 Å². The number of hydrogen-bond donors (Lipinski definition) is 1. The molecule has 1 N–H and O–H groups in total. The number of benzene rings is 1. The highest BCUT2D eigenvalue weighted by molar-refractivity contribution is 5.60. The summed E-state index contributed by atoms with van der Waals surface area (Å²) in [6.45, 7) is 8.54. The van der Waals surface area contributed by atoms with Crippen LogP contribution in [0.3, 0.4) is 0 Å².